The first-order valence-corrected chi connectivity index (χ1v) is 28.4. The first-order valence-electron chi connectivity index (χ1n) is 28.4. The Bertz CT molecular complexity index is 2110. The molecule has 0 saturated heterocycles. The summed E-state index contributed by atoms with van der Waals surface area (Å²) in [5, 5.41) is 17.1. The van der Waals surface area contributed by atoms with Crippen LogP contribution in [0.3, 0.4) is 0 Å². The van der Waals surface area contributed by atoms with Crippen molar-refractivity contribution in [3.63, 3.8) is 0 Å². The lowest BCUT2D eigenvalue weighted by atomic mass is 9.47. The van der Waals surface area contributed by atoms with Gasteiger partial charge >= 0.3 is 6.09 Å². The zero-order valence-corrected chi connectivity index (χ0v) is 45.4. The Labute approximate surface area is 434 Å². The van der Waals surface area contributed by atoms with Gasteiger partial charge in [-0.15, -0.1) is 0 Å². The second-order valence-electron chi connectivity index (χ2n) is 23.3. The van der Waals surface area contributed by atoms with Crippen LogP contribution in [0.4, 0.5) is 4.79 Å². The number of hydrogen-bond acceptors (Lipinski definition) is 7. The van der Waals surface area contributed by atoms with Crippen molar-refractivity contribution >= 4 is 12.0 Å². The van der Waals surface area contributed by atoms with Gasteiger partial charge in [-0.25, -0.2) is 4.79 Å². The number of aliphatic hydroxyl groups is 1. The molecule has 3 saturated carbocycles. The predicted octanol–water partition coefficient (Wildman–Crippen LogP) is 14.1. The van der Waals surface area contributed by atoms with Crippen LogP contribution in [0.2, 0.25) is 0 Å². The van der Waals surface area contributed by atoms with Crippen molar-refractivity contribution in [2.45, 2.75) is 181 Å². The summed E-state index contributed by atoms with van der Waals surface area (Å²) in [5.41, 5.74) is 4.29. The number of hydrogen-bond donors (Lipinski definition) is 3. The average molecular weight is 989 g/mol. The fraction of sp³-hybridized carbons (Fsp3) is 0.651. The zero-order chi connectivity index (χ0) is 51.1. The molecule has 396 valence electrons. The number of fused-ring (bicyclic) bond motifs is 5. The lowest BCUT2D eigenvalue weighted by Gasteiger charge is -2.58. The third-order valence-corrected chi connectivity index (χ3v) is 18.4. The second kappa shape index (κ2) is 26.2. The van der Waals surface area contributed by atoms with Gasteiger partial charge in [0.05, 0.1) is 26.9 Å². The Hall–Kier alpha value is -4.34. The van der Waals surface area contributed by atoms with Crippen LogP contribution in [-0.4, -0.2) is 63.2 Å². The van der Waals surface area contributed by atoms with Crippen LogP contribution in [0.25, 0.3) is 0 Å². The standard InChI is InChI=1S/C63H92N2O7/c1-45(2)18-17-19-46(3)56-34-35-57-55-33-28-50-44-54(36-39-61(50,4)58(55)37-40-62(56,57)5)72-60(68)65-42-16-10-14-23-59(67)64-41-15-9-13-22-51(66)38-43-71-63(47-20-11-8-12-21-47,48-24-29-52(69-6)30-25-48)49-26-31-53(70-7)32-27-49/h8,11-12,20-21,24-32,45-46,51,54-58,66H,9-10,13-19,22-23,33-44H2,1-7H3,(H,64,67)(H,65,68)/t46-,51?,54+,55?,56-,57?,58?,61+,62-/m0/s1. The van der Waals surface area contributed by atoms with Crippen molar-refractivity contribution in [1.82, 2.24) is 10.6 Å². The average Bonchev–Trinajstić information content (AvgIpc) is 3.75. The van der Waals surface area contributed by atoms with Crippen LogP contribution in [0.1, 0.15) is 180 Å². The van der Waals surface area contributed by atoms with E-state index < -0.39 is 11.7 Å². The molecule has 0 spiro atoms. The van der Waals surface area contributed by atoms with E-state index in [0.717, 1.165) is 121 Å². The number of alkyl carbamates (subject to hydrolysis) is 1. The fourth-order valence-corrected chi connectivity index (χ4v) is 14.3. The minimum atomic E-state index is -0.914. The Balaban J connectivity index is 0.743. The normalized spacial score (nSPS) is 25.6. The van der Waals surface area contributed by atoms with Gasteiger partial charge in [0, 0.05) is 25.9 Å². The molecule has 3 aromatic rings. The Morgan fingerprint density at radius 2 is 1.35 bits per heavy atom. The maximum atomic E-state index is 12.9. The van der Waals surface area contributed by atoms with E-state index in [1.165, 1.54) is 51.4 Å². The van der Waals surface area contributed by atoms with Crippen LogP contribution >= 0.6 is 0 Å². The van der Waals surface area contributed by atoms with Gasteiger partial charge in [0.25, 0.3) is 0 Å². The Morgan fingerprint density at radius 3 is 2.01 bits per heavy atom. The summed E-state index contributed by atoms with van der Waals surface area (Å²) >= 11 is 0. The van der Waals surface area contributed by atoms with E-state index in [-0.39, 0.29) is 23.5 Å². The molecule has 4 aliphatic carbocycles. The first kappa shape index (κ1) is 55.4. The monoisotopic (exact) mass is 989 g/mol. The number of amides is 2. The maximum Gasteiger partial charge on any atom is 0.407 e. The highest BCUT2D eigenvalue weighted by Crippen LogP contribution is 2.67. The van der Waals surface area contributed by atoms with Crippen LogP contribution in [0.5, 0.6) is 11.5 Å². The van der Waals surface area contributed by atoms with Crippen molar-refractivity contribution in [3.8, 4) is 11.5 Å². The third-order valence-electron chi connectivity index (χ3n) is 18.4. The smallest absolute Gasteiger partial charge is 0.407 e. The Morgan fingerprint density at radius 1 is 0.694 bits per heavy atom. The molecular weight excluding hydrogens is 897 g/mol. The van der Waals surface area contributed by atoms with Gasteiger partial charge in [0.2, 0.25) is 5.91 Å². The summed E-state index contributed by atoms with van der Waals surface area (Å²) < 4.78 is 23.9. The Kier molecular flexibility index (Phi) is 20.2. The summed E-state index contributed by atoms with van der Waals surface area (Å²) in [6, 6.07) is 26.2. The van der Waals surface area contributed by atoms with Gasteiger partial charge in [0.1, 0.15) is 23.2 Å². The highest BCUT2D eigenvalue weighted by Gasteiger charge is 2.59. The molecule has 0 radical (unpaired) electrons. The molecule has 4 unspecified atom stereocenters. The van der Waals surface area contributed by atoms with E-state index >= 15 is 0 Å². The van der Waals surface area contributed by atoms with Gasteiger partial charge in [-0.05, 0) is 164 Å². The topological polar surface area (TPSA) is 115 Å². The molecule has 9 nitrogen and oxygen atoms in total. The van der Waals surface area contributed by atoms with E-state index in [2.05, 4.69) is 63.5 Å². The minimum Gasteiger partial charge on any atom is -0.497 e. The van der Waals surface area contributed by atoms with Gasteiger partial charge < -0.3 is 34.7 Å². The molecular formula is C63H92N2O7. The lowest BCUT2D eigenvalue weighted by Crippen LogP contribution is -2.51. The number of carbonyl (C=O) groups excluding carboxylic acids is 2. The summed E-state index contributed by atoms with van der Waals surface area (Å²) in [4.78, 5) is 25.5. The third kappa shape index (κ3) is 13.5. The molecule has 4 aliphatic rings. The molecule has 9 heteroatoms. The number of methoxy groups -OCH3 is 2. The first-order chi connectivity index (χ1) is 34.8. The molecule has 9 atom stereocenters. The largest absolute Gasteiger partial charge is 0.497 e. The van der Waals surface area contributed by atoms with E-state index in [0.29, 0.717) is 44.4 Å². The number of aliphatic hydroxyl groups excluding tert-OH is 1. The molecule has 2 amide bonds. The van der Waals surface area contributed by atoms with Crippen LogP contribution in [0.15, 0.2) is 90.5 Å². The highest BCUT2D eigenvalue weighted by molar-refractivity contribution is 5.75. The van der Waals surface area contributed by atoms with E-state index in [1.54, 1.807) is 19.8 Å². The van der Waals surface area contributed by atoms with Crippen LogP contribution < -0.4 is 20.1 Å². The predicted molar refractivity (Wildman–Crippen MR) is 290 cm³/mol. The second-order valence-corrected chi connectivity index (χ2v) is 23.3. The molecule has 0 aromatic heterocycles. The lowest BCUT2D eigenvalue weighted by molar-refractivity contribution is -0.121. The summed E-state index contributed by atoms with van der Waals surface area (Å²) in [6.07, 6.45) is 22.4. The molecule has 3 aromatic carbocycles. The summed E-state index contributed by atoms with van der Waals surface area (Å²) in [7, 11) is 3.32. The van der Waals surface area contributed by atoms with Crippen molar-refractivity contribution < 1.29 is 33.6 Å². The molecule has 3 N–H and O–H groups in total. The molecule has 0 heterocycles. The van der Waals surface area contributed by atoms with Crippen molar-refractivity contribution in [2.75, 3.05) is 33.9 Å². The van der Waals surface area contributed by atoms with Crippen molar-refractivity contribution in [2.24, 2.45) is 46.3 Å². The van der Waals surface area contributed by atoms with Crippen molar-refractivity contribution in [1.29, 1.82) is 0 Å². The maximum absolute atomic E-state index is 12.9. The summed E-state index contributed by atoms with van der Waals surface area (Å²) in [5.74, 6) is 6.54. The molecule has 0 aliphatic heterocycles. The zero-order valence-electron chi connectivity index (χ0n) is 45.4. The fourth-order valence-electron chi connectivity index (χ4n) is 14.3. The number of benzene rings is 3. The van der Waals surface area contributed by atoms with Crippen LogP contribution in [0, 0.1) is 46.3 Å². The minimum absolute atomic E-state index is 0.0468. The number of allylic oxidation sites excluding steroid dienone is 1. The number of unbranched alkanes of at least 4 members (excludes halogenated alkanes) is 4. The molecule has 72 heavy (non-hydrogen) atoms. The molecule has 0 bridgehead atoms. The number of ether oxygens (including phenoxy) is 4. The molecule has 3 fully saturated rings. The number of rotatable bonds is 27. The van der Waals surface area contributed by atoms with Gasteiger partial charge in [-0.3, -0.25) is 4.79 Å². The quantitative estimate of drug-likeness (QED) is 0.0396. The van der Waals surface area contributed by atoms with E-state index in [1.807, 2.05) is 66.7 Å². The van der Waals surface area contributed by atoms with Gasteiger partial charge in [0.15, 0.2) is 0 Å². The number of nitrogens with one attached hydrogen (secondary N) is 2. The van der Waals surface area contributed by atoms with Crippen molar-refractivity contribution in [3.05, 3.63) is 107 Å². The summed E-state index contributed by atoms with van der Waals surface area (Å²) in [6.45, 7) is 14.1. The van der Waals surface area contributed by atoms with Crippen LogP contribution in [-0.2, 0) is 19.9 Å². The van der Waals surface area contributed by atoms with E-state index in [4.69, 9.17) is 18.9 Å². The SMILES string of the molecule is COc1ccc(C(OCCC(O)CCCCCNC(=O)CCCCCNC(=O)O[C@@H]2CC[C@]3(C)C(=CCC4C3CC[C@]3(C)C4CC[C@H]3[C@@H](C)CCCC(C)C)C2)(c2ccccc2)c2ccc(OC)cc2)cc1. The number of carbonyl (C=O) groups is 2. The van der Waals surface area contributed by atoms with Gasteiger partial charge in [-0.2, -0.15) is 0 Å². The van der Waals surface area contributed by atoms with E-state index in [9.17, 15) is 14.7 Å². The van der Waals surface area contributed by atoms with Gasteiger partial charge in [-0.1, -0.05) is 139 Å². The molecule has 7 rings (SSSR count). The highest BCUT2D eigenvalue weighted by atomic mass is 16.6.